The fourth-order valence-corrected chi connectivity index (χ4v) is 2.70. The highest BCUT2D eigenvalue weighted by Gasteiger charge is 2.25. The quantitative estimate of drug-likeness (QED) is 0.888. The smallest absolute Gasteiger partial charge is 0.254 e. The van der Waals surface area contributed by atoms with E-state index in [-0.39, 0.29) is 30.8 Å². The summed E-state index contributed by atoms with van der Waals surface area (Å²) in [5, 5.41) is 6.23. The number of nitrogens with one attached hydrogen (secondary N) is 2. The molecule has 1 aromatic carbocycles. The van der Waals surface area contributed by atoms with Gasteiger partial charge in [0.25, 0.3) is 5.91 Å². The zero-order valence-corrected chi connectivity index (χ0v) is 13.5. The lowest BCUT2D eigenvalue weighted by molar-refractivity contribution is -0.121. The number of anilines is 1. The number of amides is 2. The molecule has 0 atom stereocenters. The van der Waals surface area contributed by atoms with Gasteiger partial charge in [-0.1, -0.05) is 6.07 Å². The molecule has 1 aromatic rings. The van der Waals surface area contributed by atoms with Crippen LogP contribution in [-0.2, 0) is 11.2 Å². The first-order valence-electron chi connectivity index (χ1n) is 7.56. The SMILES string of the molecule is CN(CC(=O)NC1CC1)C(=O)c1cccc2c1CCCN2.Cl. The molecule has 5 nitrogen and oxygen atoms in total. The van der Waals surface area contributed by atoms with Crippen molar-refractivity contribution in [2.45, 2.75) is 31.7 Å². The van der Waals surface area contributed by atoms with E-state index < -0.39 is 0 Å². The number of halogens is 1. The summed E-state index contributed by atoms with van der Waals surface area (Å²) in [6.07, 6.45) is 4.05. The van der Waals surface area contributed by atoms with E-state index >= 15 is 0 Å². The van der Waals surface area contributed by atoms with Gasteiger partial charge in [0, 0.05) is 30.9 Å². The molecule has 0 unspecified atom stereocenters. The Morgan fingerprint density at radius 1 is 1.36 bits per heavy atom. The summed E-state index contributed by atoms with van der Waals surface area (Å²) in [6, 6.07) is 6.08. The lowest BCUT2D eigenvalue weighted by Gasteiger charge is -2.23. The zero-order valence-electron chi connectivity index (χ0n) is 12.7. The Bertz CT molecular complexity index is 573. The number of carbonyl (C=O) groups is 2. The Morgan fingerprint density at radius 2 is 2.14 bits per heavy atom. The zero-order chi connectivity index (χ0) is 14.8. The first-order valence-corrected chi connectivity index (χ1v) is 7.56. The number of nitrogens with zero attached hydrogens (tertiary/aromatic N) is 1. The van der Waals surface area contributed by atoms with Crippen molar-refractivity contribution in [1.29, 1.82) is 0 Å². The Labute approximate surface area is 136 Å². The van der Waals surface area contributed by atoms with Crippen LogP contribution in [0, 0.1) is 0 Å². The molecule has 0 spiro atoms. The van der Waals surface area contributed by atoms with Gasteiger partial charge in [-0.25, -0.2) is 0 Å². The molecule has 22 heavy (non-hydrogen) atoms. The maximum absolute atomic E-state index is 12.6. The molecule has 120 valence electrons. The molecular weight excluding hydrogens is 302 g/mol. The van der Waals surface area contributed by atoms with Crippen molar-refractivity contribution in [1.82, 2.24) is 10.2 Å². The van der Waals surface area contributed by atoms with E-state index in [1.54, 1.807) is 7.05 Å². The summed E-state index contributed by atoms with van der Waals surface area (Å²) < 4.78 is 0. The molecule has 2 amide bonds. The van der Waals surface area contributed by atoms with E-state index in [4.69, 9.17) is 0 Å². The van der Waals surface area contributed by atoms with Crippen molar-refractivity contribution in [3.8, 4) is 0 Å². The highest BCUT2D eigenvalue weighted by atomic mass is 35.5. The summed E-state index contributed by atoms with van der Waals surface area (Å²) in [6.45, 7) is 1.07. The number of hydrogen-bond donors (Lipinski definition) is 2. The average molecular weight is 324 g/mol. The summed E-state index contributed by atoms with van der Waals surface area (Å²) in [4.78, 5) is 25.9. The molecule has 1 saturated carbocycles. The van der Waals surface area contributed by atoms with Gasteiger partial charge in [0.05, 0.1) is 6.54 Å². The van der Waals surface area contributed by atoms with E-state index in [9.17, 15) is 9.59 Å². The molecule has 1 aliphatic carbocycles. The van der Waals surface area contributed by atoms with E-state index in [0.717, 1.165) is 43.5 Å². The molecule has 1 fully saturated rings. The van der Waals surface area contributed by atoms with Gasteiger partial charge in [-0.05, 0) is 43.4 Å². The monoisotopic (exact) mass is 323 g/mol. The second-order valence-corrected chi connectivity index (χ2v) is 5.87. The van der Waals surface area contributed by atoms with Gasteiger partial charge >= 0.3 is 0 Å². The number of fused-ring (bicyclic) bond motifs is 1. The number of hydrogen-bond acceptors (Lipinski definition) is 3. The standard InChI is InChI=1S/C16H21N3O2.ClH/c1-19(10-15(20)18-11-7-8-11)16(21)13-4-2-6-14-12(13)5-3-9-17-14;/h2,4,6,11,17H,3,5,7-10H2,1H3,(H,18,20);1H. The molecule has 1 aliphatic heterocycles. The second-order valence-electron chi connectivity index (χ2n) is 5.87. The number of rotatable bonds is 4. The van der Waals surface area contributed by atoms with Crippen LogP contribution in [0.15, 0.2) is 18.2 Å². The molecule has 3 rings (SSSR count). The third-order valence-electron chi connectivity index (χ3n) is 4.00. The highest BCUT2D eigenvalue weighted by Crippen LogP contribution is 2.26. The lowest BCUT2D eigenvalue weighted by atomic mass is 9.97. The molecule has 2 N–H and O–H groups in total. The van der Waals surface area contributed by atoms with Crippen molar-refractivity contribution < 1.29 is 9.59 Å². The van der Waals surface area contributed by atoms with Gasteiger partial charge in [-0.2, -0.15) is 0 Å². The summed E-state index contributed by atoms with van der Waals surface area (Å²) >= 11 is 0. The predicted octanol–water partition coefficient (Wildman–Crippen LogP) is 1.82. The van der Waals surface area contributed by atoms with Gasteiger partial charge in [-0.15, -0.1) is 12.4 Å². The number of carbonyl (C=O) groups excluding carboxylic acids is 2. The van der Waals surface area contributed by atoms with Gasteiger partial charge in [-0.3, -0.25) is 9.59 Å². The first kappa shape index (κ1) is 16.6. The fourth-order valence-electron chi connectivity index (χ4n) is 2.70. The summed E-state index contributed by atoms with van der Waals surface area (Å²) in [5.41, 5.74) is 2.83. The Kier molecular flexibility index (Phi) is 5.29. The van der Waals surface area contributed by atoms with Crippen LogP contribution < -0.4 is 10.6 Å². The van der Waals surface area contributed by atoms with Crippen LogP contribution in [-0.4, -0.2) is 42.9 Å². The summed E-state index contributed by atoms with van der Waals surface area (Å²) in [7, 11) is 1.68. The fraction of sp³-hybridized carbons (Fsp3) is 0.500. The van der Waals surface area contributed by atoms with Gasteiger partial charge in [0.15, 0.2) is 0 Å². The van der Waals surface area contributed by atoms with Crippen molar-refractivity contribution in [2.75, 3.05) is 25.5 Å². The second kappa shape index (κ2) is 7.01. The number of likely N-dealkylation sites (N-methyl/N-ethyl adjacent to an activating group) is 1. The maximum atomic E-state index is 12.6. The van der Waals surface area contributed by atoms with Crippen molar-refractivity contribution >= 4 is 29.9 Å². The van der Waals surface area contributed by atoms with E-state index in [1.165, 1.54) is 4.90 Å². The van der Waals surface area contributed by atoms with Gasteiger partial charge < -0.3 is 15.5 Å². The molecule has 1 heterocycles. The molecule has 0 radical (unpaired) electrons. The summed E-state index contributed by atoms with van der Waals surface area (Å²) in [5.74, 6) is -0.155. The Balaban J connectivity index is 0.00000176. The molecule has 0 aromatic heterocycles. The molecule has 0 bridgehead atoms. The first-order chi connectivity index (χ1) is 10.1. The number of benzene rings is 1. The lowest BCUT2D eigenvalue weighted by Crippen LogP contribution is -2.39. The minimum atomic E-state index is -0.0819. The van der Waals surface area contributed by atoms with Crippen molar-refractivity contribution in [3.05, 3.63) is 29.3 Å². The van der Waals surface area contributed by atoms with Crippen molar-refractivity contribution in [2.24, 2.45) is 0 Å². The minimum absolute atomic E-state index is 0. The Morgan fingerprint density at radius 3 is 2.86 bits per heavy atom. The predicted molar refractivity (Wildman–Crippen MR) is 88.6 cm³/mol. The normalized spacial score (nSPS) is 15.9. The van der Waals surface area contributed by atoms with Crippen LogP contribution in [0.1, 0.15) is 35.2 Å². The van der Waals surface area contributed by atoms with E-state index in [2.05, 4.69) is 10.6 Å². The van der Waals surface area contributed by atoms with E-state index in [0.29, 0.717) is 11.6 Å². The van der Waals surface area contributed by atoms with Crippen LogP contribution in [0.4, 0.5) is 5.69 Å². The Hall–Kier alpha value is -1.75. The van der Waals surface area contributed by atoms with Crippen LogP contribution in [0.3, 0.4) is 0 Å². The van der Waals surface area contributed by atoms with Crippen LogP contribution >= 0.6 is 12.4 Å². The molecule has 2 aliphatic rings. The largest absolute Gasteiger partial charge is 0.385 e. The maximum Gasteiger partial charge on any atom is 0.254 e. The topological polar surface area (TPSA) is 61.4 Å². The van der Waals surface area contributed by atoms with Crippen LogP contribution in [0.2, 0.25) is 0 Å². The van der Waals surface area contributed by atoms with Crippen LogP contribution in [0.25, 0.3) is 0 Å². The van der Waals surface area contributed by atoms with Gasteiger partial charge in [0.1, 0.15) is 0 Å². The third kappa shape index (κ3) is 3.71. The third-order valence-corrected chi connectivity index (χ3v) is 4.00. The molecular formula is C16H22ClN3O2. The highest BCUT2D eigenvalue weighted by molar-refractivity contribution is 5.99. The minimum Gasteiger partial charge on any atom is -0.385 e. The van der Waals surface area contributed by atoms with E-state index in [1.807, 2.05) is 18.2 Å². The average Bonchev–Trinajstić information content (AvgIpc) is 3.29. The molecule has 6 heteroatoms. The van der Waals surface area contributed by atoms with Gasteiger partial charge in [0.2, 0.25) is 5.91 Å². The van der Waals surface area contributed by atoms with Crippen LogP contribution in [0.5, 0.6) is 0 Å². The molecule has 0 saturated heterocycles. The van der Waals surface area contributed by atoms with Crippen molar-refractivity contribution in [3.63, 3.8) is 0 Å².